The Morgan fingerprint density at radius 3 is 2.19 bits per heavy atom. The van der Waals surface area contributed by atoms with Crippen LogP contribution in [0.25, 0.3) is 10.9 Å². The molecule has 3 aromatic carbocycles. The number of carbonyl (C=O) groups is 4. The zero-order valence-corrected chi connectivity index (χ0v) is 29.2. The van der Waals surface area contributed by atoms with Crippen molar-refractivity contribution in [3.05, 3.63) is 104 Å². The van der Waals surface area contributed by atoms with Crippen LogP contribution in [0.5, 0.6) is 0 Å². The fraction of sp³-hybridized carbons (Fsp3) is 0.314. The molecule has 0 radical (unpaired) electrons. The van der Waals surface area contributed by atoms with Gasteiger partial charge in [0.2, 0.25) is 17.7 Å². The van der Waals surface area contributed by atoms with Crippen molar-refractivity contribution in [2.45, 2.75) is 31.7 Å². The van der Waals surface area contributed by atoms with E-state index in [4.69, 9.17) is 51.1 Å². The predicted octanol–water partition coefficient (Wildman–Crippen LogP) is 6.24. The van der Waals surface area contributed by atoms with Gasteiger partial charge in [-0.2, -0.15) is 0 Å². The number of carbonyl (C=O) groups excluding carboxylic acids is 4. The molecule has 0 bridgehead atoms. The second kappa shape index (κ2) is 16.1. The van der Waals surface area contributed by atoms with Crippen LogP contribution in [0, 0.1) is 0 Å². The van der Waals surface area contributed by atoms with Crippen LogP contribution < -0.4 is 0 Å². The number of amides is 3. The normalized spacial score (nSPS) is 14.9. The van der Waals surface area contributed by atoms with E-state index in [2.05, 4.69) is 4.98 Å². The van der Waals surface area contributed by atoms with Gasteiger partial charge in [0, 0.05) is 56.8 Å². The van der Waals surface area contributed by atoms with Crippen LogP contribution in [-0.4, -0.2) is 89.2 Å². The predicted molar refractivity (Wildman–Crippen MR) is 188 cm³/mol. The molecule has 2 heterocycles. The third-order valence-electron chi connectivity index (χ3n) is 8.52. The van der Waals surface area contributed by atoms with Crippen LogP contribution in [-0.2, 0) is 43.2 Å². The summed E-state index contributed by atoms with van der Waals surface area (Å²) >= 11 is 24.8. The standard InChI is InChI=1S/C35H34Cl4N4O5/c1-48-34(46)21-41(13-10-22-6-8-25(36)16-28(22)38)32(44)18-31-35(47)42(14-11-23-7-9-26(37)17-29(23)39)20-33(45)43(31)15-12-24-19-40-30-5-3-2-4-27(24)30/h2-9,16-17,19,31,40H,10-15,18,20-21H2,1H3. The quantitative estimate of drug-likeness (QED) is 0.164. The van der Waals surface area contributed by atoms with E-state index in [-0.39, 0.29) is 51.0 Å². The van der Waals surface area contributed by atoms with Crippen LogP contribution >= 0.6 is 46.4 Å². The first kappa shape index (κ1) is 35.5. The first-order valence-electron chi connectivity index (χ1n) is 15.4. The molecule has 1 saturated heterocycles. The van der Waals surface area contributed by atoms with Crippen LogP contribution in [0.2, 0.25) is 20.1 Å². The number of fused-ring (bicyclic) bond motifs is 1. The Bertz CT molecular complexity index is 1830. The second-order valence-corrected chi connectivity index (χ2v) is 13.2. The Kier molecular flexibility index (Phi) is 11.9. The average molecular weight is 732 g/mol. The Morgan fingerprint density at radius 1 is 0.875 bits per heavy atom. The van der Waals surface area contributed by atoms with Crippen molar-refractivity contribution >= 4 is 81.0 Å². The van der Waals surface area contributed by atoms with E-state index in [0.717, 1.165) is 27.6 Å². The van der Waals surface area contributed by atoms with E-state index in [0.29, 0.717) is 39.4 Å². The molecule has 1 atom stereocenters. The van der Waals surface area contributed by atoms with Gasteiger partial charge in [-0.05, 0) is 66.3 Å². The van der Waals surface area contributed by atoms with E-state index in [1.165, 1.54) is 21.8 Å². The number of halogens is 4. The average Bonchev–Trinajstić information content (AvgIpc) is 3.47. The van der Waals surface area contributed by atoms with Crippen LogP contribution in [0.15, 0.2) is 66.9 Å². The molecule has 9 nitrogen and oxygen atoms in total. The number of esters is 1. The number of nitrogens with one attached hydrogen (secondary N) is 1. The van der Waals surface area contributed by atoms with Crippen LogP contribution in [0.4, 0.5) is 0 Å². The number of aromatic nitrogens is 1. The number of nitrogens with zero attached hydrogens (tertiary/aromatic N) is 3. The van der Waals surface area contributed by atoms with E-state index in [1.54, 1.807) is 36.4 Å². The molecule has 4 aromatic rings. The molecule has 0 aliphatic carbocycles. The maximum Gasteiger partial charge on any atom is 0.325 e. The van der Waals surface area contributed by atoms with Gasteiger partial charge >= 0.3 is 5.97 Å². The summed E-state index contributed by atoms with van der Waals surface area (Å²) in [5.41, 5.74) is 3.47. The monoisotopic (exact) mass is 730 g/mol. The molecule has 3 amide bonds. The highest BCUT2D eigenvalue weighted by atomic mass is 35.5. The molecule has 1 aliphatic rings. The van der Waals surface area contributed by atoms with E-state index in [9.17, 15) is 19.2 Å². The minimum atomic E-state index is -1.08. The molecule has 1 fully saturated rings. The second-order valence-electron chi connectivity index (χ2n) is 11.5. The number of para-hydroxylation sites is 1. The Balaban J connectivity index is 1.37. The highest BCUT2D eigenvalue weighted by molar-refractivity contribution is 6.35. The summed E-state index contributed by atoms with van der Waals surface area (Å²) in [5.74, 6) is -1.72. The lowest BCUT2D eigenvalue weighted by Gasteiger charge is -2.40. The molecular formula is C35H34Cl4N4O5. The van der Waals surface area contributed by atoms with E-state index >= 15 is 0 Å². The maximum atomic E-state index is 14.1. The van der Waals surface area contributed by atoms with Crippen LogP contribution in [0.3, 0.4) is 0 Å². The van der Waals surface area contributed by atoms with Gasteiger partial charge in [-0.3, -0.25) is 19.2 Å². The van der Waals surface area contributed by atoms with Gasteiger partial charge in [-0.15, -0.1) is 0 Å². The van der Waals surface area contributed by atoms with Gasteiger partial charge < -0.3 is 24.4 Å². The van der Waals surface area contributed by atoms with Crippen molar-refractivity contribution in [2.24, 2.45) is 0 Å². The lowest BCUT2D eigenvalue weighted by molar-refractivity contribution is -0.158. The third kappa shape index (κ3) is 8.63. The Morgan fingerprint density at radius 2 is 1.52 bits per heavy atom. The lowest BCUT2D eigenvalue weighted by Crippen LogP contribution is -2.61. The molecule has 1 unspecified atom stereocenters. The minimum Gasteiger partial charge on any atom is -0.468 e. The zero-order valence-electron chi connectivity index (χ0n) is 26.2. The number of aromatic amines is 1. The number of hydrogen-bond donors (Lipinski definition) is 1. The van der Waals surface area contributed by atoms with Crippen molar-refractivity contribution in [3.63, 3.8) is 0 Å². The first-order valence-corrected chi connectivity index (χ1v) is 16.9. The molecule has 0 spiro atoms. The summed E-state index contributed by atoms with van der Waals surface area (Å²) in [6.45, 7) is 0.0950. The number of methoxy groups -OCH3 is 1. The molecule has 5 rings (SSSR count). The maximum absolute atomic E-state index is 14.1. The first-order chi connectivity index (χ1) is 23.0. The van der Waals surface area contributed by atoms with Gasteiger partial charge in [0.05, 0.1) is 20.1 Å². The number of benzene rings is 3. The van der Waals surface area contributed by atoms with Crippen molar-refractivity contribution < 1.29 is 23.9 Å². The van der Waals surface area contributed by atoms with E-state index in [1.807, 2.05) is 30.5 Å². The zero-order chi connectivity index (χ0) is 34.4. The Hall–Kier alpha value is -3.76. The number of piperazine rings is 1. The SMILES string of the molecule is COC(=O)CN(CCc1ccc(Cl)cc1Cl)C(=O)CC1C(=O)N(CCc2ccc(Cl)cc2Cl)CC(=O)N1CCc1c[nH]c2ccccc12. The summed E-state index contributed by atoms with van der Waals surface area (Å²) in [4.78, 5) is 61.6. The summed E-state index contributed by atoms with van der Waals surface area (Å²) in [6.07, 6.45) is 2.76. The fourth-order valence-electron chi connectivity index (χ4n) is 5.86. The highest BCUT2D eigenvalue weighted by Gasteiger charge is 2.41. The van der Waals surface area contributed by atoms with Crippen molar-refractivity contribution in [3.8, 4) is 0 Å². The number of hydrogen-bond acceptors (Lipinski definition) is 5. The van der Waals surface area contributed by atoms with Gasteiger partial charge in [0.25, 0.3) is 0 Å². The van der Waals surface area contributed by atoms with Crippen molar-refractivity contribution in [2.75, 3.05) is 39.8 Å². The van der Waals surface area contributed by atoms with Gasteiger partial charge in [-0.1, -0.05) is 76.7 Å². The fourth-order valence-corrected chi connectivity index (χ4v) is 6.87. The number of rotatable bonds is 13. The van der Waals surface area contributed by atoms with Gasteiger partial charge in [0.15, 0.2) is 0 Å². The summed E-state index contributed by atoms with van der Waals surface area (Å²) in [5, 5.41) is 2.88. The molecule has 0 saturated carbocycles. The third-order valence-corrected chi connectivity index (χ3v) is 9.69. The summed E-state index contributed by atoms with van der Waals surface area (Å²) in [6, 6.07) is 16.9. The minimum absolute atomic E-state index is 0.123. The number of ether oxygens (including phenoxy) is 1. The van der Waals surface area contributed by atoms with Crippen molar-refractivity contribution in [1.82, 2.24) is 19.7 Å². The van der Waals surface area contributed by atoms with Crippen molar-refractivity contribution in [1.29, 1.82) is 0 Å². The molecule has 1 N–H and O–H groups in total. The number of H-pyrrole nitrogens is 1. The lowest BCUT2D eigenvalue weighted by atomic mass is 10.0. The summed E-state index contributed by atoms with van der Waals surface area (Å²) in [7, 11) is 1.24. The van der Waals surface area contributed by atoms with E-state index < -0.39 is 17.9 Å². The molecule has 1 aromatic heterocycles. The highest BCUT2D eigenvalue weighted by Crippen LogP contribution is 2.25. The molecule has 13 heteroatoms. The summed E-state index contributed by atoms with van der Waals surface area (Å²) < 4.78 is 4.86. The van der Waals surface area contributed by atoms with Gasteiger partial charge in [-0.25, -0.2) is 0 Å². The van der Waals surface area contributed by atoms with Gasteiger partial charge in [0.1, 0.15) is 12.6 Å². The topological polar surface area (TPSA) is 103 Å². The molecular weight excluding hydrogens is 698 g/mol. The van der Waals surface area contributed by atoms with Crippen LogP contribution in [0.1, 0.15) is 23.1 Å². The smallest absolute Gasteiger partial charge is 0.325 e. The largest absolute Gasteiger partial charge is 0.468 e. The molecule has 252 valence electrons. The molecule has 1 aliphatic heterocycles. The molecule has 48 heavy (non-hydrogen) atoms. The Labute approximate surface area is 298 Å².